The molecule has 30 heavy (non-hydrogen) atoms. The van der Waals surface area contributed by atoms with Crippen molar-refractivity contribution in [2.45, 2.75) is 111 Å². The van der Waals surface area contributed by atoms with Gasteiger partial charge in [-0.25, -0.2) is 0 Å². The maximum atomic E-state index is 10.2. The van der Waals surface area contributed by atoms with E-state index in [9.17, 15) is 5.11 Å². The third kappa shape index (κ3) is 4.29. The van der Waals surface area contributed by atoms with Crippen LogP contribution in [0.3, 0.4) is 0 Å². The Morgan fingerprint density at radius 3 is 2.40 bits per heavy atom. The molecule has 0 aromatic rings. The van der Waals surface area contributed by atoms with Crippen LogP contribution in [0.5, 0.6) is 0 Å². The number of fused-ring (bicyclic) bond motifs is 5. The van der Waals surface area contributed by atoms with Crippen LogP contribution in [0.4, 0.5) is 0 Å². The van der Waals surface area contributed by atoms with Gasteiger partial charge >= 0.3 is 0 Å². The van der Waals surface area contributed by atoms with Crippen molar-refractivity contribution in [3.05, 3.63) is 11.6 Å². The predicted octanol–water partition coefficient (Wildman–Crippen LogP) is 7.00. The predicted molar refractivity (Wildman–Crippen MR) is 127 cm³/mol. The van der Waals surface area contributed by atoms with Crippen LogP contribution in [0.1, 0.15) is 105 Å². The summed E-state index contributed by atoms with van der Waals surface area (Å²) < 4.78 is 0. The van der Waals surface area contributed by atoms with Crippen LogP contribution in [0.15, 0.2) is 11.6 Å². The number of aliphatic hydroxyl groups is 2. The molecule has 8 atom stereocenters. The Kier molecular flexibility index (Phi) is 7.82. The fourth-order valence-corrected chi connectivity index (χ4v) is 8.67. The molecule has 0 spiro atoms. The van der Waals surface area contributed by atoms with Gasteiger partial charge in [-0.2, -0.15) is 0 Å². The molecule has 0 aromatic carbocycles. The molecule has 0 amide bonds. The lowest BCUT2D eigenvalue weighted by Crippen LogP contribution is -2.50. The van der Waals surface area contributed by atoms with Crippen LogP contribution in [0.25, 0.3) is 0 Å². The van der Waals surface area contributed by atoms with Crippen LogP contribution in [-0.2, 0) is 0 Å². The van der Waals surface area contributed by atoms with Gasteiger partial charge in [0.05, 0.1) is 6.10 Å². The molecule has 4 aliphatic rings. The van der Waals surface area contributed by atoms with Gasteiger partial charge in [-0.05, 0) is 97.7 Å². The standard InChI is InChI=1S/C27H46O.CH4O/c1-18(2)7-6-8-19(3)23-11-12-24-22-10-9-20-17-21(28)13-15-26(20,4)25(22)14-16-27(23,24)5;1-2/h9,18-19,21-25,28H,6-8,10-17H2,1-5H3;2H,1H3/t19-,21+,22+,23-,24+,25+,26+,27-;/m1./s1. The van der Waals surface area contributed by atoms with E-state index in [4.69, 9.17) is 5.11 Å². The summed E-state index contributed by atoms with van der Waals surface area (Å²) in [7, 11) is 1.00. The molecule has 0 saturated heterocycles. The highest BCUT2D eigenvalue weighted by Gasteiger charge is 2.59. The maximum Gasteiger partial charge on any atom is 0.0577 e. The monoisotopic (exact) mass is 418 g/mol. The SMILES string of the molecule is CC(C)CCC[C@@H](C)[C@H]1CC[C@H]2[C@@H]3CC=C4C[C@@H](O)CC[C@]4(C)[C@H]3CC[C@]12C.CO. The van der Waals surface area contributed by atoms with Crippen molar-refractivity contribution >= 4 is 0 Å². The summed E-state index contributed by atoms with van der Waals surface area (Å²) >= 11 is 0. The molecule has 4 rings (SSSR count). The van der Waals surface area contributed by atoms with Crippen molar-refractivity contribution in [3.63, 3.8) is 0 Å². The maximum absolute atomic E-state index is 10.2. The van der Waals surface area contributed by atoms with Gasteiger partial charge in [-0.1, -0.05) is 65.5 Å². The summed E-state index contributed by atoms with van der Waals surface area (Å²) in [4.78, 5) is 0. The van der Waals surface area contributed by atoms with E-state index < -0.39 is 0 Å². The van der Waals surface area contributed by atoms with E-state index in [0.717, 1.165) is 55.5 Å². The summed E-state index contributed by atoms with van der Waals surface area (Å²) in [5, 5.41) is 17.2. The van der Waals surface area contributed by atoms with Crippen LogP contribution < -0.4 is 0 Å². The van der Waals surface area contributed by atoms with E-state index in [-0.39, 0.29) is 6.10 Å². The smallest absolute Gasteiger partial charge is 0.0577 e. The number of hydrogen-bond acceptors (Lipinski definition) is 2. The molecule has 0 bridgehead atoms. The number of rotatable bonds is 5. The highest BCUT2D eigenvalue weighted by molar-refractivity contribution is 5.25. The van der Waals surface area contributed by atoms with E-state index in [0.29, 0.717) is 10.8 Å². The van der Waals surface area contributed by atoms with Gasteiger partial charge in [-0.15, -0.1) is 0 Å². The fourth-order valence-electron chi connectivity index (χ4n) is 8.67. The van der Waals surface area contributed by atoms with Crippen LogP contribution in [0.2, 0.25) is 0 Å². The Morgan fingerprint density at radius 2 is 1.70 bits per heavy atom. The zero-order valence-electron chi connectivity index (χ0n) is 20.8. The quantitative estimate of drug-likeness (QED) is 0.472. The Balaban J connectivity index is 0.00000124. The lowest BCUT2D eigenvalue weighted by atomic mass is 9.47. The first-order chi connectivity index (χ1) is 14.3. The molecule has 2 nitrogen and oxygen atoms in total. The Morgan fingerprint density at radius 1 is 0.967 bits per heavy atom. The van der Waals surface area contributed by atoms with Crippen molar-refractivity contribution in [1.82, 2.24) is 0 Å². The van der Waals surface area contributed by atoms with Gasteiger partial charge in [0.1, 0.15) is 0 Å². The molecule has 3 saturated carbocycles. The second kappa shape index (κ2) is 9.65. The molecule has 4 aliphatic carbocycles. The van der Waals surface area contributed by atoms with Gasteiger partial charge in [0.15, 0.2) is 0 Å². The fraction of sp³-hybridized carbons (Fsp3) is 0.929. The van der Waals surface area contributed by atoms with Crippen molar-refractivity contribution in [2.24, 2.45) is 46.3 Å². The van der Waals surface area contributed by atoms with Gasteiger partial charge in [0, 0.05) is 7.11 Å². The van der Waals surface area contributed by atoms with E-state index in [1.165, 1.54) is 57.8 Å². The van der Waals surface area contributed by atoms with Gasteiger partial charge < -0.3 is 10.2 Å². The lowest BCUT2D eigenvalue weighted by Gasteiger charge is -2.58. The summed E-state index contributed by atoms with van der Waals surface area (Å²) in [6.07, 6.45) is 17.2. The van der Waals surface area contributed by atoms with Crippen molar-refractivity contribution in [1.29, 1.82) is 0 Å². The van der Waals surface area contributed by atoms with E-state index in [1.807, 2.05) is 0 Å². The van der Waals surface area contributed by atoms with E-state index in [1.54, 1.807) is 5.57 Å². The third-order valence-electron chi connectivity index (χ3n) is 10.3. The Hall–Kier alpha value is -0.340. The second-order valence-electron chi connectivity index (χ2n) is 12.2. The van der Waals surface area contributed by atoms with Gasteiger partial charge in [0.2, 0.25) is 0 Å². The average molecular weight is 419 g/mol. The molecule has 0 unspecified atom stereocenters. The van der Waals surface area contributed by atoms with E-state index >= 15 is 0 Å². The van der Waals surface area contributed by atoms with Crippen LogP contribution in [-0.4, -0.2) is 23.4 Å². The molecule has 0 radical (unpaired) electrons. The van der Waals surface area contributed by atoms with Crippen molar-refractivity contribution in [3.8, 4) is 0 Å². The van der Waals surface area contributed by atoms with Crippen LogP contribution in [0, 0.1) is 46.3 Å². The molecule has 0 aliphatic heterocycles. The molecule has 2 heteroatoms. The Labute approximate surface area is 186 Å². The van der Waals surface area contributed by atoms with Crippen molar-refractivity contribution in [2.75, 3.05) is 7.11 Å². The minimum atomic E-state index is -0.0766. The molecular formula is C28H50O2. The molecule has 0 heterocycles. The van der Waals surface area contributed by atoms with Gasteiger partial charge in [-0.3, -0.25) is 0 Å². The first-order valence-corrected chi connectivity index (χ1v) is 13.1. The van der Waals surface area contributed by atoms with Crippen molar-refractivity contribution < 1.29 is 10.2 Å². The highest BCUT2D eigenvalue weighted by Crippen LogP contribution is 2.67. The first-order valence-electron chi connectivity index (χ1n) is 13.1. The van der Waals surface area contributed by atoms with Crippen LogP contribution >= 0.6 is 0 Å². The van der Waals surface area contributed by atoms with E-state index in [2.05, 4.69) is 40.7 Å². The summed E-state index contributed by atoms with van der Waals surface area (Å²) in [5.41, 5.74) is 2.60. The molecule has 174 valence electrons. The lowest BCUT2D eigenvalue weighted by molar-refractivity contribution is -0.0573. The normalized spacial score (nSPS) is 43.6. The number of hydrogen-bond donors (Lipinski definition) is 2. The number of aliphatic hydroxyl groups excluding tert-OH is 2. The zero-order valence-corrected chi connectivity index (χ0v) is 20.8. The average Bonchev–Trinajstić information content (AvgIpc) is 3.07. The topological polar surface area (TPSA) is 40.5 Å². The zero-order chi connectivity index (χ0) is 22.1. The molecule has 0 aromatic heterocycles. The second-order valence-corrected chi connectivity index (χ2v) is 12.2. The first kappa shape index (κ1) is 24.3. The molecule has 2 N–H and O–H groups in total. The number of allylic oxidation sites excluding steroid dienone is 1. The summed E-state index contributed by atoms with van der Waals surface area (Å²) in [5.74, 6) is 5.46. The highest BCUT2D eigenvalue weighted by atomic mass is 16.3. The molecule has 3 fully saturated rings. The minimum Gasteiger partial charge on any atom is -0.400 e. The molecular weight excluding hydrogens is 368 g/mol. The summed E-state index contributed by atoms with van der Waals surface area (Å²) in [6.45, 7) is 12.6. The summed E-state index contributed by atoms with van der Waals surface area (Å²) in [6, 6.07) is 0. The largest absolute Gasteiger partial charge is 0.400 e. The van der Waals surface area contributed by atoms with Gasteiger partial charge in [0.25, 0.3) is 0 Å². The Bertz CT molecular complexity index is 595. The third-order valence-corrected chi connectivity index (χ3v) is 10.3. The minimum absolute atomic E-state index is 0.0766.